The summed E-state index contributed by atoms with van der Waals surface area (Å²) in [5.74, 6) is -0.251. The van der Waals surface area contributed by atoms with Crippen LogP contribution in [-0.2, 0) is 16.6 Å². The summed E-state index contributed by atoms with van der Waals surface area (Å²) in [5, 5.41) is 2.94. The molecule has 1 amide bonds. The first-order valence-corrected chi connectivity index (χ1v) is 11.4. The van der Waals surface area contributed by atoms with Gasteiger partial charge in [-0.25, -0.2) is 13.1 Å². The van der Waals surface area contributed by atoms with E-state index in [1.165, 1.54) is 25.0 Å². The first-order valence-electron chi connectivity index (χ1n) is 9.92. The molecule has 0 aliphatic heterocycles. The van der Waals surface area contributed by atoms with Crippen molar-refractivity contribution in [1.82, 2.24) is 14.9 Å². The Labute approximate surface area is 173 Å². The van der Waals surface area contributed by atoms with E-state index in [9.17, 15) is 13.2 Å². The number of hydrogen-bond acceptors (Lipinski definition) is 4. The summed E-state index contributed by atoms with van der Waals surface area (Å²) in [6, 6.07) is 14.8. The van der Waals surface area contributed by atoms with Gasteiger partial charge in [-0.15, -0.1) is 0 Å². The van der Waals surface area contributed by atoms with E-state index in [2.05, 4.69) is 28.9 Å². The molecule has 1 aliphatic carbocycles. The average molecular weight is 416 g/mol. The Morgan fingerprint density at radius 2 is 1.86 bits per heavy atom. The number of carbonyl (C=O) groups excluding carboxylic acids is 1. The standard InChI is InChI=1S/C22H29N3O3S/c1-16-9-12-20(29(27,28)24-15-18-7-5-4-6-8-18)13-21(16)22(26)23-14-17(2)25(3)19-10-11-19/h4-9,12-13,17,19,24H,10-11,14-15H2,1-3H3,(H,23,26). The van der Waals surface area contributed by atoms with Crippen LogP contribution in [0.15, 0.2) is 53.4 Å². The van der Waals surface area contributed by atoms with Crippen LogP contribution in [0, 0.1) is 6.92 Å². The third-order valence-corrected chi connectivity index (χ3v) is 6.85. The van der Waals surface area contributed by atoms with Gasteiger partial charge in [0.25, 0.3) is 5.91 Å². The van der Waals surface area contributed by atoms with E-state index in [4.69, 9.17) is 0 Å². The molecule has 1 fully saturated rings. The fraction of sp³-hybridized carbons (Fsp3) is 0.409. The van der Waals surface area contributed by atoms with Gasteiger partial charge in [0.1, 0.15) is 0 Å². The van der Waals surface area contributed by atoms with E-state index in [0.717, 1.165) is 11.1 Å². The Hall–Kier alpha value is -2.22. The monoisotopic (exact) mass is 415 g/mol. The highest BCUT2D eigenvalue weighted by Crippen LogP contribution is 2.26. The second-order valence-electron chi connectivity index (χ2n) is 7.74. The van der Waals surface area contributed by atoms with Crippen molar-refractivity contribution in [1.29, 1.82) is 0 Å². The van der Waals surface area contributed by atoms with Gasteiger partial charge in [0.2, 0.25) is 10.0 Å². The molecule has 0 radical (unpaired) electrons. The van der Waals surface area contributed by atoms with Crippen molar-refractivity contribution in [3.8, 4) is 0 Å². The van der Waals surface area contributed by atoms with Crippen LogP contribution in [0.2, 0.25) is 0 Å². The Morgan fingerprint density at radius 1 is 1.17 bits per heavy atom. The molecule has 0 heterocycles. The van der Waals surface area contributed by atoms with Gasteiger partial charge < -0.3 is 5.32 Å². The topological polar surface area (TPSA) is 78.5 Å². The maximum atomic E-state index is 12.7. The number of sulfonamides is 1. The number of hydrogen-bond donors (Lipinski definition) is 2. The normalized spacial score (nSPS) is 15.3. The molecule has 0 aromatic heterocycles. The lowest BCUT2D eigenvalue weighted by Crippen LogP contribution is -2.41. The van der Waals surface area contributed by atoms with Gasteiger partial charge in [-0.1, -0.05) is 36.4 Å². The third kappa shape index (κ3) is 5.65. The number of carbonyl (C=O) groups is 1. The largest absolute Gasteiger partial charge is 0.350 e. The predicted molar refractivity (Wildman–Crippen MR) is 114 cm³/mol. The Morgan fingerprint density at radius 3 is 2.52 bits per heavy atom. The van der Waals surface area contributed by atoms with Gasteiger partial charge in [0.15, 0.2) is 0 Å². The van der Waals surface area contributed by atoms with Crippen molar-refractivity contribution in [2.75, 3.05) is 13.6 Å². The molecule has 2 aromatic carbocycles. The minimum atomic E-state index is -3.72. The van der Waals surface area contributed by atoms with E-state index in [1.54, 1.807) is 6.07 Å². The zero-order valence-corrected chi connectivity index (χ0v) is 18.0. The number of nitrogens with one attached hydrogen (secondary N) is 2. The van der Waals surface area contributed by atoms with E-state index in [0.29, 0.717) is 18.2 Å². The summed E-state index contributed by atoms with van der Waals surface area (Å²) in [4.78, 5) is 15.1. The molecule has 1 saturated carbocycles. The summed E-state index contributed by atoms with van der Waals surface area (Å²) >= 11 is 0. The Balaban J connectivity index is 1.67. The smallest absolute Gasteiger partial charge is 0.251 e. The minimum Gasteiger partial charge on any atom is -0.350 e. The molecular formula is C22H29N3O3S. The molecule has 1 atom stereocenters. The second-order valence-corrected chi connectivity index (χ2v) is 9.51. The lowest BCUT2D eigenvalue weighted by atomic mass is 10.1. The molecule has 0 spiro atoms. The van der Waals surface area contributed by atoms with Crippen molar-refractivity contribution >= 4 is 15.9 Å². The predicted octanol–water partition coefficient (Wildman–Crippen LogP) is 2.69. The summed E-state index contributed by atoms with van der Waals surface area (Å²) < 4.78 is 28.0. The molecular weight excluding hydrogens is 386 g/mol. The molecule has 156 valence electrons. The van der Waals surface area contributed by atoms with Crippen molar-refractivity contribution in [2.24, 2.45) is 0 Å². The molecule has 0 saturated heterocycles. The van der Waals surface area contributed by atoms with Crippen LogP contribution < -0.4 is 10.0 Å². The zero-order valence-electron chi connectivity index (χ0n) is 17.2. The molecule has 1 aliphatic rings. The Bertz CT molecular complexity index is 957. The van der Waals surface area contributed by atoms with Crippen molar-refractivity contribution in [3.05, 3.63) is 65.2 Å². The summed E-state index contributed by atoms with van der Waals surface area (Å²) in [7, 11) is -1.64. The number of amides is 1. The highest BCUT2D eigenvalue weighted by atomic mass is 32.2. The molecule has 0 bridgehead atoms. The van der Waals surface area contributed by atoms with Crippen LogP contribution in [0.3, 0.4) is 0 Å². The molecule has 2 N–H and O–H groups in total. The quantitative estimate of drug-likeness (QED) is 0.660. The lowest BCUT2D eigenvalue weighted by molar-refractivity contribution is 0.0938. The van der Waals surface area contributed by atoms with E-state index in [-0.39, 0.29) is 23.4 Å². The number of rotatable bonds is 9. The maximum absolute atomic E-state index is 12.7. The van der Waals surface area contributed by atoms with Crippen molar-refractivity contribution in [2.45, 2.75) is 50.2 Å². The number of nitrogens with zero attached hydrogens (tertiary/aromatic N) is 1. The van der Waals surface area contributed by atoms with Crippen LogP contribution in [-0.4, -0.2) is 44.9 Å². The Kier molecular flexibility index (Phi) is 6.72. The molecule has 3 rings (SSSR count). The lowest BCUT2D eigenvalue weighted by Gasteiger charge is -2.24. The fourth-order valence-corrected chi connectivity index (χ4v) is 4.24. The van der Waals surface area contributed by atoms with Crippen LogP contribution in [0.4, 0.5) is 0 Å². The molecule has 2 aromatic rings. The number of benzene rings is 2. The molecule has 29 heavy (non-hydrogen) atoms. The van der Waals surface area contributed by atoms with Gasteiger partial charge in [-0.3, -0.25) is 9.69 Å². The maximum Gasteiger partial charge on any atom is 0.251 e. The van der Waals surface area contributed by atoms with Crippen molar-refractivity contribution < 1.29 is 13.2 Å². The van der Waals surface area contributed by atoms with Crippen LogP contribution in [0.1, 0.15) is 41.3 Å². The number of likely N-dealkylation sites (N-methyl/N-ethyl adjacent to an activating group) is 1. The fourth-order valence-electron chi connectivity index (χ4n) is 3.19. The van der Waals surface area contributed by atoms with E-state index >= 15 is 0 Å². The third-order valence-electron chi connectivity index (χ3n) is 5.45. The zero-order chi connectivity index (χ0) is 21.0. The van der Waals surface area contributed by atoms with Gasteiger partial charge in [-0.05, 0) is 57.0 Å². The minimum absolute atomic E-state index is 0.0901. The van der Waals surface area contributed by atoms with Gasteiger partial charge in [0.05, 0.1) is 4.90 Å². The van der Waals surface area contributed by atoms with Crippen molar-refractivity contribution in [3.63, 3.8) is 0 Å². The van der Waals surface area contributed by atoms with Crippen LogP contribution in [0.25, 0.3) is 0 Å². The average Bonchev–Trinajstić information content (AvgIpc) is 3.56. The first-order chi connectivity index (χ1) is 13.8. The SMILES string of the molecule is Cc1ccc(S(=O)(=O)NCc2ccccc2)cc1C(=O)NCC(C)N(C)C1CC1. The molecule has 6 nitrogen and oxygen atoms in total. The van der Waals surface area contributed by atoms with Gasteiger partial charge >= 0.3 is 0 Å². The van der Waals surface area contributed by atoms with E-state index < -0.39 is 10.0 Å². The highest BCUT2D eigenvalue weighted by molar-refractivity contribution is 7.89. The summed E-state index contributed by atoms with van der Waals surface area (Å²) in [5.41, 5.74) is 2.00. The summed E-state index contributed by atoms with van der Waals surface area (Å²) in [6.07, 6.45) is 2.42. The number of aryl methyl sites for hydroxylation is 1. The highest BCUT2D eigenvalue weighted by Gasteiger charge is 2.29. The van der Waals surface area contributed by atoms with Gasteiger partial charge in [0, 0.05) is 30.7 Å². The van der Waals surface area contributed by atoms with E-state index in [1.807, 2.05) is 37.3 Å². The first kappa shape index (κ1) is 21.5. The summed E-state index contributed by atoms with van der Waals surface area (Å²) in [6.45, 7) is 4.61. The van der Waals surface area contributed by atoms with Gasteiger partial charge in [-0.2, -0.15) is 0 Å². The van der Waals surface area contributed by atoms with Crippen LogP contribution >= 0.6 is 0 Å². The molecule has 7 heteroatoms. The second kappa shape index (κ2) is 9.07. The molecule has 1 unspecified atom stereocenters. The van der Waals surface area contributed by atoms with Crippen LogP contribution in [0.5, 0.6) is 0 Å².